The van der Waals surface area contributed by atoms with Crippen molar-refractivity contribution < 1.29 is 4.79 Å². The van der Waals surface area contributed by atoms with E-state index in [-0.39, 0.29) is 0 Å². The molecule has 0 bridgehead atoms. The average Bonchev–Trinajstić information content (AvgIpc) is 2.05. The van der Waals surface area contributed by atoms with Gasteiger partial charge in [0.15, 0.2) is 0 Å². The number of aryl methyl sites for hydroxylation is 1. The third-order valence-corrected chi connectivity index (χ3v) is 1.74. The van der Waals surface area contributed by atoms with Crippen LogP contribution in [0.25, 0.3) is 6.08 Å². The first kappa shape index (κ1) is 8.53. The van der Waals surface area contributed by atoms with Crippen LogP contribution >= 0.6 is 0 Å². The molecule has 12 heavy (non-hydrogen) atoms. The lowest BCUT2D eigenvalue weighted by atomic mass is 10.1. The van der Waals surface area contributed by atoms with E-state index in [2.05, 4.69) is 11.9 Å². The Morgan fingerprint density at radius 2 is 2.25 bits per heavy atom. The van der Waals surface area contributed by atoms with Crippen molar-refractivity contribution in [3.8, 4) is 0 Å². The minimum absolute atomic E-state index is 0.668. The summed E-state index contributed by atoms with van der Waals surface area (Å²) in [5, 5.41) is 2.62. The molecule has 0 aliphatic heterocycles. The molecule has 2 nitrogen and oxygen atoms in total. The van der Waals surface area contributed by atoms with Crippen LogP contribution in [-0.4, -0.2) is 6.41 Å². The molecular weight excluding hydrogens is 150 g/mol. The maximum absolute atomic E-state index is 10.2. The van der Waals surface area contributed by atoms with Gasteiger partial charge in [-0.2, -0.15) is 0 Å². The van der Waals surface area contributed by atoms with Crippen LogP contribution < -0.4 is 5.32 Å². The van der Waals surface area contributed by atoms with Gasteiger partial charge in [-0.3, -0.25) is 4.79 Å². The Hall–Kier alpha value is -1.57. The molecule has 0 fully saturated rings. The number of hydrogen-bond acceptors (Lipinski definition) is 1. The molecule has 1 amide bonds. The van der Waals surface area contributed by atoms with Gasteiger partial charge in [0, 0.05) is 11.3 Å². The maximum atomic E-state index is 10.2. The van der Waals surface area contributed by atoms with E-state index in [0.29, 0.717) is 6.41 Å². The normalized spacial score (nSPS) is 9.08. The molecule has 1 aromatic rings. The molecule has 0 aliphatic carbocycles. The van der Waals surface area contributed by atoms with Gasteiger partial charge in [0.05, 0.1) is 0 Å². The third-order valence-electron chi connectivity index (χ3n) is 1.74. The highest BCUT2D eigenvalue weighted by atomic mass is 16.1. The highest BCUT2D eigenvalue weighted by molar-refractivity contribution is 5.79. The van der Waals surface area contributed by atoms with Crippen LogP contribution in [0.4, 0.5) is 5.69 Å². The Balaban J connectivity index is 3.17. The van der Waals surface area contributed by atoms with Crippen LogP contribution in [0.5, 0.6) is 0 Å². The minimum Gasteiger partial charge on any atom is -0.328 e. The van der Waals surface area contributed by atoms with Crippen LogP contribution in [0.3, 0.4) is 0 Å². The largest absolute Gasteiger partial charge is 0.328 e. The molecule has 0 saturated heterocycles. The molecule has 1 N–H and O–H groups in total. The second-order valence-corrected chi connectivity index (χ2v) is 2.50. The molecule has 0 unspecified atom stereocenters. The van der Waals surface area contributed by atoms with E-state index in [1.165, 1.54) is 0 Å². The van der Waals surface area contributed by atoms with Gasteiger partial charge >= 0.3 is 0 Å². The number of anilines is 1. The standard InChI is InChI=1S/C10H11NO/c1-3-9-8(2)5-4-6-10(9)11-7-12/h3-7H,1H2,2H3,(H,11,12). The lowest BCUT2D eigenvalue weighted by Crippen LogP contribution is -1.97. The van der Waals surface area contributed by atoms with Gasteiger partial charge in [-0.15, -0.1) is 0 Å². The van der Waals surface area contributed by atoms with Gasteiger partial charge in [0.25, 0.3) is 0 Å². The van der Waals surface area contributed by atoms with Gasteiger partial charge in [0.1, 0.15) is 0 Å². The summed E-state index contributed by atoms with van der Waals surface area (Å²) in [4.78, 5) is 10.2. The van der Waals surface area contributed by atoms with Crippen LogP contribution in [0, 0.1) is 6.92 Å². The molecule has 0 atom stereocenters. The molecule has 0 spiro atoms. The van der Waals surface area contributed by atoms with Crippen molar-refractivity contribution in [2.24, 2.45) is 0 Å². The highest BCUT2D eigenvalue weighted by Crippen LogP contribution is 2.19. The monoisotopic (exact) mass is 161 g/mol. The Kier molecular flexibility index (Phi) is 2.64. The van der Waals surface area contributed by atoms with E-state index >= 15 is 0 Å². The summed E-state index contributed by atoms with van der Waals surface area (Å²) in [5.41, 5.74) is 2.89. The van der Waals surface area contributed by atoms with Crippen molar-refractivity contribution in [1.82, 2.24) is 0 Å². The van der Waals surface area contributed by atoms with E-state index in [9.17, 15) is 4.79 Å². The van der Waals surface area contributed by atoms with Gasteiger partial charge in [-0.25, -0.2) is 0 Å². The summed E-state index contributed by atoms with van der Waals surface area (Å²) < 4.78 is 0. The predicted octanol–water partition coefficient (Wildman–Crippen LogP) is 2.21. The molecule has 62 valence electrons. The summed E-state index contributed by atoms with van der Waals surface area (Å²) in [5.74, 6) is 0. The zero-order valence-corrected chi connectivity index (χ0v) is 7.00. The zero-order chi connectivity index (χ0) is 8.97. The summed E-state index contributed by atoms with van der Waals surface area (Å²) in [6.45, 7) is 5.66. The van der Waals surface area contributed by atoms with Crippen molar-refractivity contribution >= 4 is 18.2 Å². The molecule has 0 radical (unpaired) electrons. The molecule has 2 heteroatoms. The Morgan fingerprint density at radius 1 is 1.50 bits per heavy atom. The number of benzene rings is 1. The fourth-order valence-corrected chi connectivity index (χ4v) is 1.14. The van der Waals surface area contributed by atoms with Crippen LogP contribution in [0.2, 0.25) is 0 Å². The Morgan fingerprint density at radius 3 is 2.83 bits per heavy atom. The van der Waals surface area contributed by atoms with Crippen molar-refractivity contribution in [2.45, 2.75) is 6.92 Å². The predicted molar refractivity (Wildman–Crippen MR) is 51.0 cm³/mol. The van der Waals surface area contributed by atoms with Crippen LogP contribution in [0.1, 0.15) is 11.1 Å². The van der Waals surface area contributed by atoms with Crippen molar-refractivity contribution in [1.29, 1.82) is 0 Å². The molecule has 0 aliphatic rings. The van der Waals surface area contributed by atoms with Gasteiger partial charge < -0.3 is 5.32 Å². The third kappa shape index (κ3) is 1.53. The second-order valence-electron chi connectivity index (χ2n) is 2.50. The number of rotatable bonds is 3. The van der Waals surface area contributed by atoms with Crippen molar-refractivity contribution in [2.75, 3.05) is 5.32 Å². The van der Waals surface area contributed by atoms with E-state index in [0.717, 1.165) is 16.8 Å². The maximum Gasteiger partial charge on any atom is 0.211 e. The molecule has 0 aromatic heterocycles. The molecule has 0 saturated carbocycles. The number of carbonyl (C=O) groups is 1. The lowest BCUT2D eigenvalue weighted by Gasteiger charge is -2.06. The Bertz CT molecular complexity index is 305. The highest BCUT2D eigenvalue weighted by Gasteiger charge is 1.99. The topological polar surface area (TPSA) is 29.1 Å². The first-order chi connectivity index (χ1) is 5.79. The number of hydrogen-bond donors (Lipinski definition) is 1. The molecular formula is C10H11NO. The fraction of sp³-hybridized carbons (Fsp3) is 0.100. The first-order valence-electron chi connectivity index (χ1n) is 3.72. The van der Waals surface area contributed by atoms with E-state index in [4.69, 9.17) is 0 Å². The van der Waals surface area contributed by atoms with E-state index < -0.39 is 0 Å². The number of carbonyl (C=O) groups excluding carboxylic acids is 1. The van der Waals surface area contributed by atoms with Gasteiger partial charge in [0.2, 0.25) is 6.41 Å². The van der Waals surface area contributed by atoms with Crippen LogP contribution in [0.15, 0.2) is 24.8 Å². The number of nitrogens with one attached hydrogen (secondary N) is 1. The van der Waals surface area contributed by atoms with E-state index in [1.807, 2.05) is 25.1 Å². The van der Waals surface area contributed by atoms with Gasteiger partial charge in [-0.1, -0.05) is 24.8 Å². The van der Waals surface area contributed by atoms with Crippen molar-refractivity contribution in [3.05, 3.63) is 35.9 Å². The lowest BCUT2D eigenvalue weighted by molar-refractivity contribution is -0.105. The SMILES string of the molecule is C=Cc1c(C)cccc1NC=O. The van der Waals surface area contributed by atoms with Crippen molar-refractivity contribution in [3.63, 3.8) is 0 Å². The summed E-state index contributed by atoms with van der Waals surface area (Å²) in [7, 11) is 0. The number of amides is 1. The minimum atomic E-state index is 0.668. The molecule has 1 aromatic carbocycles. The Labute approximate surface area is 71.9 Å². The summed E-state index contributed by atoms with van der Waals surface area (Å²) in [6, 6.07) is 5.72. The molecule has 1 rings (SSSR count). The smallest absolute Gasteiger partial charge is 0.211 e. The van der Waals surface area contributed by atoms with Gasteiger partial charge in [-0.05, 0) is 18.6 Å². The summed E-state index contributed by atoms with van der Waals surface area (Å²) >= 11 is 0. The van der Waals surface area contributed by atoms with E-state index in [1.54, 1.807) is 6.08 Å². The van der Waals surface area contributed by atoms with Crippen LogP contribution in [-0.2, 0) is 4.79 Å². The first-order valence-corrected chi connectivity index (χ1v) is 3.72. The average molecular weight is 161 g/mol. The quantitative estimate of drug-likeness (QED) is 0.676. The zero-order valence-electron chi connectivity index (χ0n) is 7.00. The summed E-state index contributed by atoms with van der Waals surface area (Å²) in [6.07, 6.45) is 2.41. The second kappa shape index (κ2) is 3.72. The molecule has 0 heterocycles. The fourth-order valence-electron chi connectivity index (χ4n) is 1.14.